The van der Waals surface area contributed by atoms with Gasteiger partial charge >= 0.3 is 5.97 Å². The molecule has 0 aromatic carbocycles. The first-order chi connectivity index (χ1) is 8.26. The van der Waals surface area contributed by atoms with Gasteiger partial charge in [-0.1, -0.05) is 13.8 Å². The van der Waals surface area contributed by atoms with Crippen LogP contribution < -0.4 is 0 Å². The van der Waals surface area contributed by atoms with Crippen LogP contribution in [0, 0.1) is 17.3 Å². The number of rotatable bonds is 2. The normalized spacial score (nSPS) is 35.3. The van der Waals surface area contributed by atoms with E-state index < -0.39 is 17.3 Å². The minimum atomic E-state index is -0.847. The van der Waals surface area contributed by atoms with E-state index in [0.717, 1.165) is 13.1 Å². The molecule has 1 unspecified atom stereocenters. The number of carboxylic acid groups (broad SMARTS) is 1. The van der Waals surface area contributed by atoms with Crippen LogP contribution in [0.5, 0.6) is 0 Å². The van der Waals surface area contributed by atoms with Gasteiger partial charge < -0.3 is 14.9 Å². The van der Waals surface area contributed by atoms with Crippen molar-refractivity contribution in [3.63, 3.8) is 0 Å². The van der Waals surface area contributed by atoms with Crippen molar-refractivity contribution in [1.29, 1.82) is 0 Å². The van der Waals surface area contributed by atoms with Crippen molar-refractivity contribution >= 4 is 11.9 Å². The maximum Gasteiger partial charge on any atom is 0.307 e. The van der Waals surface area contributed by atoms with Crippen molar-refractivity contribution in [2.45, 2.75) is 26.8 Å². The number of carbonyl (C=O) groups is 2. The Morgan fingerprint density at radius 1 is 1.22 bits per heavy atom. The van der Waals surface area contributed by atoms with Gasteiger partial charge in [0.25, 0.3) is 0 Å². The summed E-state index contributed by atoms with van der Waals surface area (Å²) in [7, 11) is 2.04. The van der Waals surface area contributed by atoms with Gasteiger partial charge in [-0.15, -0.1) is 0 Å². The molecule has 5 nitrogen and oxygen atoms in total. The van der Waals surface area contributed by atoms with Gasteiger partial charge in [0.2, 0.25) is 5.91 Å². The highest BCUT2D eigenvalue weighted by molar-refractivity contribution is 5.91. The Balaban J connectivity index is 2.07. The van der Waals surface area contributed by atoms with Crippen LogP contribution in [0.2, 0.25) is 0 Å². The number of piperazine rings is 1. The summed E-state index contributed by atoms with van der Waals surface area (Å²) < 4.78 is 0. The molecule has 2 aliphatic rings. The van der Waals surface area contributed by atoms with Crippen LogP contribution >= 0.6 is 0 Å². The Morgan fingerprint density at radius 2 is 1.83 bits per heavy atom. The Kier molecular flexibility index (Phi) is 3.13. The van der Waals surface area contributed by atoms with Crippen LogP contribution in [-0.2, 0) is 9.59 Å². The quantitative estimate of drug-likeness (QED) is 0.780. The first-order valence-electron chi connectivity index (χ1n) is 6.48. The molecule has 1 heterocycles. The largest absolute Gasteiger partial charge is 0.481 e. The Bertz CT molecular complexity index is 380. The van der Waals surface area contributed by atoms with Crippen LogP contribution in [-0.4, -0.2) is 59.5 Å². The number of aliphatic carboxylic acids is 1. The summed E-state index contributed by atoms with van der Waals surface area (Å²) in [5, 5.41) is 9.14. The molecule has 102 valence electrons. The van der Waals surface area contributed by atoms with Crippen molar-refractivity contribution < 1.29 is 14.7 Å². The molecule has 0 spiro atoms. The van der Waals surface area contributed by atoms with Crippen LogP contribution in [0.4, 0.5) is 0 Å². The molecule has 1 N–H and O–H groups in total. The number of hydrogen-bond donors (Lipinski definition) is 1. The van der Waals surface area contributed by atoms with Crippen molar-refractivity contribution in [2.24, 2.45) is 17.3 Å². The molecule has 1 aliphatic carbocycles. The molecule has 1 saturated carbocycles. The SMILES string of the molecule is CC1CN(C)CCN1C(=O)[C@H]1[C@@H](C(=O)O)C1(C)C. The van der Waals surface area contributed by atoms with Gasteiger partial charge in [-0.25, -0.2) is 0 Å². The van der Waals surface area contributed by atoms with Gasteiger partial charge in [0.1, 0.15) is 0 Å². The number of likely N-dealkylation sites (N-methyl/N-ethyl adjacent to an activating group) is 1. The lowest BCUT2D eigenvalue weighted by molar-refractivity contribution is -0.143. The molecule has 1 saturated heterocycles. The minimum Gasteiger partial charge on any atom is -0.481 e. The van der Waals surface area contributed by atoms with Gasteiger partial charge in [-0.2, -0.15) is 0 Å². The van der Waals surface area contributed by atoms with Crippen molar-refractivity contribution in [1.82, 2.24) is 9.80 Å². The summed E-state index contributed by atoms with van der Waals surface area (Å²) >= 11 is 0. The second kappa shape index (κ2) is 4.23. The summed E-state index contributed by atoms with van der Waals surface area (Å²) in [5.74, 6) is -1.69. The smallest absolute Gasteiger partial charge is 0.307 e. The maximum absolute atomic E-state index is 12.5. The minimum absolute atomic E-state index is 0.0213. The maximum atomic E-state index is 12.5. The van der Waals surface area contributed by atoms with E-state index >= 15 is 0 Å². The zero-order valence-electron chi connectivity index (χ0n) is 11.5. The van der Waals surface area contributed by atoms with Gasteiger partial charge in [0.15, 0.2) is 0 Å². The van der Waals surface area contributed by atoms with E-state index in [-0.39, 0.29) is 17.9 Å². The monoisotopic (exact) mass is 254 g/mol. The van der Waals surface area contributed by atoms with Crippen LogP contribution in [0.3, 0.4) is 0 Å². The van der Waals surface area contributed by atoms with Crippen LogP contribution in [0.1, 0.15) is 20.8 Å². The standard InChI is InChI=1S/C13H22N2O3/c1-8-7-14(4)5-6-15(8)11(16)9-10(12(17)18)13(9,2)3/h8-10H,5-7H2,1-4H3,(H,17,18)/t8?,9-,10+/m1/s1. The van der Waals surface area contributed by atoms with E-state index in [2.05, 4.69) is 4.90 Å². The second-order valence-electron chi connectivity index (χ2n) is 6.26. The molecule has 5 heteroatoms. The summed E-state index contributed by atoms with van der Waals surface area (Å²) in [5.41, 5.74) is -0.397. The lowest BCUT2D eigenvalue weighted by atomic mass is 10.1. The predicted molar refractivity (Wildman–Crippen MR) is 67.1 cm³/mol. The predicted octanol–water partition coefficient (Wildman–Crippen LogP) is 0.506. The third-order valence-electron chi connectivity index (χ3n) is 4.47. The molecule has 2 rings (SSSR count). The van der Waals surface area contributed by atoms with E-state index in [0.29, 0.717) is 6.54 Å². The number of amides is 1. The molecule has 0 radical (unpaired) electrons. The summed E-state index contributed by atoms with van der Waals surface area (Å²) in [6.45, 7) is 8.19. The Hall–Kier alpha value is -1.10. The molecule has 0 aromatic heterocycles. The first-order valence-corrected chi connectivity index (χ1v) is 6.48. The van der Waals surface area contributed by atoms with Crippen molar-refractivity contribution in [2.75, 3.05) is 26.7 Å². The van der Waals surface area contributed by atoms with Crippen molar-refractivity contribution in [3.8, 4) is 0 Å². The number of nitrogens with zero attached hydrogens (tertiary/aromatic N) is 2. The lowest BCUT2D eigenvalue weighted by Crippen LogP contribution is -2.53. The zero-order chi connectivity index (χ0) is 13.7. The van der Waals surface area contributed by atoms with E-state index in [4.69, 9.17) is 5.11 Å². The van der Waals surface area contributed by atoms with E-state index in [1.807, 2.05) is 32.7 Å². The van der Waals surface area contributed by atoms with Gasteiger partial charge in [0.05, 0.1) is 11.8 Å². The lowest BCUT2D eigenvalue weighted by Gasteiger charge is -2.38. The molecule has 0 bridgehead atoms. The van der Waals surface area contributed by atoms with Gasteiger partial charge in [-0.05, 0) is 19.4 Å². The average Bonchev–Trinajstić information content (AvgIpc) is 2.81. The molecule has 18 heavy (non-hydrogen) atoms. The molecular weight excluding hydrogens is 232 g/mol. The molecule has 1 amide bonds. The molecule has 3 atom stereocenters. The van der Waals surface area contributed by atoms with Crippen LogP contribution in [0.25, 0.3) is 0 Å². The highest BCUT2D eigenvalue weighted by Crippen LogP contribution is 2.59. The highest BCUT2D eigenvalue weighted by atomic mass is 16.4. The fourth-order valence-electron chi connectivity index (χ4n) is 3.21. The van der Waals surface area contributed by atoms with E-state index in [9.17, 15) is 9.59 Å². The average molecular weight is 254 g/mol. The van der Waals surface area contributed by atoms with Gasteiger partial charge in [0, 0.05) is 25.7 Å². The van der Waals surface area contributed by atoms with Crippen molar-refractivity contribution in [3.05, 3.63) is 0 Å². The third-order valence-corrected chi connectivity index (χ3v) is 4.47. The number of carbonyl (C=O) groups excluding carboxylic acids is 1. The number of carboxylic acids is 1. The summed E-state index contributed by atoms with van der Waals surface area (Å²) in [6, 6.07) is 0.169. The molecule has 0 aromatic rings. The fourth-order valence-corrected chi connectivity index (χ4v) is 3.21. The second-order valence-corrected chi connectivity index (χ2v) is 6.26. The highest BCUT2D eigenvalue weighted by Gasteiger charge is 2.66. The first kappa shape index (κ1) is 13.3. The molecule has 2 fully saturated rings. The number of hydrogen-bond acceptors (Lipinski definition) is 3. The summed E-state index contributed by atoms with van der Waals surface area (Å²) in [4.78, 5) is 27.6. The topological polar surface area (TPSA) is 60.9 Å². The molecular formula is C13H22N2O3. The van der Waals surface area contributed by atoms with E-state index in [1.165, 1.54) is 0 Å². The third kappa shape index (κ3) is 2.00. The Labute approximate surface area is 108 Å². The Morgan fingerprint density at radius 3 is 2.28 bits per heavy atom. The van der Waals surface area contributed by atoms with Crippen LogP contribution in [0.15, 0.2) is 0 Å². The fraction of sp³-hybridized carbons (Fsp3) is 0.846. The van der Waals surface area contributed by atoms with E-state index in [1.54, 1.807) is 0 Å². The van der Waals surface area contributed by atoms with Gasteiger partial charge in [-0.3, -0.25) is 9.59 Å². The molecule has 1 aliphatic heterocycles. The summed E-state index contributed by atoms with van der Waals surface area (Å²) in [6.07, 6.45) is 0. The zero-order valence-corrected chi connectivity index (χ0v) is 11.5.